The molecule has 1 heterocycles. The van der Waals surface area contributed by atoms with Crippen LogP contribution in [-0.4, -0.2) is 40.5 Å². The molecule has 1 fully saturated rings. The second-order valence-corrected chi connectivity index (χ2v) is 13.2. The van der Waals surface area contributed by atoms with Crippen LogP contribution in [-0.2, 0) is 4.79 Å². The lowest BCUT2D eigenvalue weighted by Gasteiger charge is -2.47. The molecule has 1 aliphatic heterocycles. The molecule has 9 heteroatoms. The van der Waals surface area contributed by atoms with Crippen molar-refractivity contribution in [3.63, 3.8) is 0 Å². The number of carbonyl (C=O) groups excluding carboxylic acids is 2. The predicted molar refractivity (Wildman–Crippen MR) is 161 cm³/mol. The van der Waals surface area contributed by atoms with Gasteiger partial charge >= 0.3 is 0 Å². The van der Waals surface area contributed by atoms with E-state index in [1.165, 1.54) is 12.1 Å². The maximum Gasteiger partial charge on any atom is 0.275 e. The van der Waals surface area contributed by atoms with Crippen molar-refractivity contribution in [1.82, 2.24) is 10.2 Å². The third-order valence-corrected chi connectivity index (χ3v) is 8.66. The van der Waals surface area contributed by atoms with Crippen molar-refractivity contribution in [2.75, 3.05) is 6.54 Å². The summed E-state index contributed by atoms with van der Waals surface area (Å²) in [5, 5.41) is 9.96. The highest BCUT2D eigenvalue weighted by molar-refractivity contribution is 6.46. The summed E-state index contributed by atoms with van der Waals surface area (Å²) in [7, 11) is 0. The standard InChI is InChI=1S/C33H43F2N5O2/c1-20(2)6-11-27(21-7-9-22(10-8-21)30(41)38-19-28(36)37)40-31(42)29(23-16-25(34)18-26(35)17-23)39-33(40)14-12-24(13-15-33)32(3,4)5/h7-10,16-18,20,24,27H,6,11-15,19H2,1-5H3,(H3,36,37)(H,38,41)/t24?,27-,33?/m1/s1. The first-order valence-electron chi connectivity index (χ1n) is 14.8. The zero-order valence-corrected chi connectivity index (χ0v) is 25.3. The highest BCUT2D eigenvalue weighted by atomic mass is 19.1. The van der Waals surface area contributed by atoms with Crippen LogP contribution in [0.5, 0.6) is 0 Å². The number of hydrogen-bond acceptors (Lipinski definition) is 4. The first-order chi connectivity index (χ1) is 19.7. The van der Waals surface area contributed by atoms with Crippen LogP contribution in [0.1, 0.15) is 101 Å². The third-order valence-electron chi connectivity index (χ3n) is 8.66. The Hall–Kier alpha value is -3.62. The fourth-order valence-corrected chi connectivity index (χ4v) is 6.29. The fraction of sp³-hybridized carbons (Fsp3) is 0.515. The van der Waals surface area contributed by atoms with Crippen LogP contribution in [0.2, 0.25) is 0 Å². The van der Waals surface area contributed by atoms with E-state index in [1.54, 1.807) is 12.1 Å². The Morgan fingerprint density at radius 1 is 1.10 bits per heavy atom. The molecule has 42 heavy (non-hydrogen) atoms. The van der Waals surface area contributed by atoms with Crippen LogP contribution >= 0.6 is 0 Å². The van der Waals surface area contributed by atoms with E-state index in [9.17, 15) is 18.4 Å². The van der Waals surface area contributed by atoms with E-state index in [-0.39, 0.29) is 46.9 Å². The van der Waals surface area contributed by atoms with E-state index >= 15 is 0 Å². The lowest BCUT2D eigenvalue weighted by Crippen LogP contribution is -2.51. The van der Waals surface area contributed by atoms with Gasteiger partial charge in [-0.1, -0.05) is 46.8 Å². The first kappa shape index (κ1) is 31.3. The van der Waals surface area contributed by atoms with E-state index in [4.69, 9.17) is 16.1 Å². The van der Waals surface area contributed by atoms with Gasteiger partial charge in [-0.25, -0.2) is 8.78 Å². The van der Waals surface area contributed by atoms with Crippen molar-refractivity contribution >= 4 is 23.4 Å². The topological polar surface area (TPSA) is 112 Å². The van der Waals surface area contributed by atoms with E-state index in [2.05, 4.69) is 39.9 Å². The number of benzene rings is 2. The maximum absolute atomic E-state index is 14.3. The molecular formula is C33H43F2N5O2. The number of rotatable bonds is 9. The highest BCUT2D eigenvalue weighted by Gasteiger charge is 2.52. The van der Waals surface area contributed by atoms with Crippen LogP contribution in [0.4, 0.5) is 8.78 Å². The number of amides is 2. The van der Waals surface area contributed by atoms with Crippen LogP contribution in [0.25, 0.3) is 0 Å². The summed E-state index contributed by atoms with van der Waals surface area (Å²) in [6.07, 6.45) is 4.60. The normalized spacial score (nSPS) is 21.5. The Kier molecular flexibility index (Phi) is 9.18. The Bertz CT molecular complexity index is 1340. The third kappa shape index (κ3) is 6.88. The van der Waals surface area contributed by atoms with E-state index in [1.807, 2.05) is 17.0 Å². The average Bonchev–Trinajstić information content (AvgIpc) is 3.18. The zero-order chi connectivity index (χ0) is 30.8. The number of nitrogens with zero attached hydrogens (tertiary/aromatic N) is 2. The molecule has 2 amide bonds. The Balaban J connectivity index is 1.75. The lowest BCUT2D eigenvalue weighted by molar-refractivity contribution is -0.133. The second kappa shape index (κ2) is 12.3. The molecule has 1 aliphatic carbocycles. The minimum absolute atomic E-state index is 0.0429. The van der Waals surface area contributed by atoms with Gasteiger partial charge in [0.2, 0.25) is 0 Å². The van der Waals surface area contributed by atoms with Gasteiger partial charge in [0.15, 0.2) is 0 Å². The van der Waals surface area contributed by atoms with Crippen molar-refractivity contribution in [1.29, 1.82) is 5.41 Å². The van der Waals surface area contributed by atoms with E-state index in [0.29, 0.717) is 36.7 Å². The number of nitrogens with two attached hydrogens (primary N) is 1. The van der Waals surface area contributed by atoms with Crippen molar-refractivity contribution < 1.29 is 18.4 Å². The van der Waals surface area contributed by atoms with Gasteiger partial charge in [-0.05, 0) is 85.6 Å². The number of amidine groups is 1. The minimum atomic E-state index is -0.823. The van der Waals surface area contributed by atoms with E-state index < -0.39 is 17.3 Å². The van der Waals surface area contributed by atoms with Crippen LogP contribution < -0.4 is 11.1 Å². The molecule has 4 rings (SSSR count). The molecule has 0 radical (unpaired) electrons. The molecular weight excluding hydrogens is 536 g/mol. The molecule has 0 unspecified atom stereocenters. The molecule has 2 aliphatic rings. The number of aliphatic imine (C=N–C) groups is 1. The number of nitrogens with one attached hydrogen (secondary N) is 2. The monoisotopic (exact) mass is 579 g/mol. The highest BCUT2D eigenvalue weighted by Crippen LogP contribution is 2.50. The molecule has 1 atom stereocenters. The van der Waals surface area contributed by atoms with Crippen molar-refractivity contribution in [2.24, 2.45) is 28.0 Å². The molecule has 0 saturated heterocycles. The fourth-order valence-electron chi connectivity index (χ4n) is 6.29. The van der Waals surface area contributed by atoms with Gasteiger partial charge in [-0.15, -0.1) is 0 Å². The molecule has 2 aromatic carbocycles. The van der Waals surface area contributed by atoms with Crippen LogP contribution in [0.15, 0.2) is 47.5 Å². The second-order valence-electron chi connectivity index (χ2n) is 13.2. The van der Waals surface area contributed by atoms with Crippen LogP contribution in [0.3, 0.4) is 0 Å². The maximum atomic E-state index is 14.3. The van der Waals surface area contributed by atoms with Gasteiger partial charge in [0, 0.05) is 17.2 Å². The summed E-state index contributed by atoms with van der Waals surface area (Å²) in [6, 6.07) is 9.93. The van der Waals surface area contributed by atoms with Gasteiger partial charge in [0.1, 0.15) is 28.8 Å². The van der Waals surface area contributed by atoms with Gasteiger partial charge in [0.25, 0.3) is 11.8 Å². The van der Waals surface area contributed by atoms with Gasteiger partial charge in [-0.2, -0.15) is 0 Å². The van der Waals surface area contributed by atoms with Gasteiger partial charge in [0.05, 0.1) is 12.6 Å². The van der Waals surface area contributed by atoms with Crippen molar-refractivity contribution in [3.05, 3.63) is 70.8 Å². The molecule has 1 saturated carbocycles. The van der Waals surface area contributed by atoms with E-state index in [0.717, 1.165) is 30.9 Å². The summed E-state index contributed by atoms with van der Waals surface area (Å²) in [5.41, 5.74) is 6.19. The first-order valence-corrected chi connectivity index (χ1v) is 14.8. The van der Waals surface area contributed by atoms with Crippen molar-refractivity contribution in [2.45, 2.75) is 84.8 Å². The molecule has 7 nitrogen and oxygen atoms in total. The zero-order valence-electron chi connectivity index (χ0n) is 25.3. The number of hydrogen-bond donors (Lipinski definition) is 3. The molecule has 4 N–H and O–H groups in total. The Labute approximate surface area is 247 Å². The lowest BCUT2D eigenvalue weighted by atomic mass is 9.69. The Morgan fingerprint density at radius 3 is 2.21 bits per heavy atom. The summed E-state index contributed by atoms with van der Waals surface area (Å²) in [6.45, 7) is 10.9. The molecule has 0 aromatic heterocycles. The predicted octanol–water partition coefficient (Wildman–Crippen LogP) is 6.37. The SMILES string of the molecule is CC(C)CC[C@H](c1ccc(C(=O)NCC(=N)N)cc1)N1C(=O)C(c2cc(F)cc(F)c2)=NC12CCC(C(C)(C)C)CC2. The average molecular weight is 580 g/mol. The molecule has 0 bridgehead atoms. The van der Waals surface area contributed by atoms with Gasteiger partial charge < -0.3 is 16.0 Å². The molecule has 2 aromatic rings. The minimum Gasteiger partial charge on any atom is -0.386 e. The van der Waals surface area contributed by atoms with Crippen molar-refractivity contribution in [3.8, 4) is 0 Å². The molecule has 1 spiro atoms. The summed E-state index contributed by atoms with van der Waals surface area (Å²) in [4.78, 5) is 33.8. The summed E-state index contributed by atoms with van der Waals surface area (Å²) in [5.74, 6) is -1.46. The quantitative estimate of drug-likeness (QED) is 0.237. The summed E-state index contributed by atoms with van der Waals surface area (Å²) < 4.78 is 28.6. The summed E-state index contributed by atoms with van der Waals surface area (Å²) >= 11 is 0. The Morgan fingerprint density at radius 2 is 1.69 bits per heavy atom. The molecule has 226 valence electrons. The largest absolute Gasteiger partial charge is 0.386 e. The van der Waals surface area contributed by atoms with Crippen LogP contribution in [0, 0.1) is 34.3 Å². The number of halogens is 2. The van der Waals surface area contributed by atoms with Gasteiger partial charge in [-0.3, -0.25) is 20.0 Å². The number of carbonyl (C=O) groups is 2. The smallest absolute Gasteiger partial charge is 0.275 e.